The molecule has 1 aliphatic heterocycles. The van der Waals surface area contributed by atoms with E-state index in [-0.39, 0.29) is 12.0 Å². The highest BCUT2D eigenvalue weighted by Gasteiger charge is 2.24. The Hall–Kier alpha value is -2.50. The van der Waals surface area contributed by atoms with Gasteiger partial charge >= 0.3 is 0 Å². The first-order valence-corrected chi connectivity index (χ1v) is 7.90. The van der Waals surface area contributed by atoms with Crippen molar-refractivity contribution in [3.63, 3.8) is 0 Å². The van der Waals surface area contributed by atoms with Gasteiger partial charge in [-0.05, 0) is 25.1 Å². The quantitative estimate of drug-likeness (QED) is 0.818. The van der Waals surface area contributed by atoms with Gasteiger partial charge in [0, 0.05) is 31.9 Å². The first kappa shape index (κ1) is 15.4. The zero-order chi connectivity index (χ0) is 16.1. The molecule has 0 unspecified atom stereocenters. The van der Waals surface area contributed by atoms with Crippen molar-refractivity contribution < 1.29 is 14.3 Å². The number of likely N-dealkylation sites (N-methyl/N-ethyl adjacent to an activating group) is 1. The maximum Gasteiger partial charge on any atom is 0.224 e. The Labute approximate surface area is 135 Å². The molecular formula is C17H21N3O3. The van der Waals surface area contributed by atoms with Crippen LogP contribution in [0.4, 0.5) is 0 Å². The molecule has 1 aliphatic rings. The van der Waals surface area contributed by atoms with Crippen molar-refractivity contribution in [2.24, 2.45) is 0 Å². The van der Waals surface area contributed by atoms with Crippen molar-refractivity contribution >= 4 is 5.91 Å². The number of carbonyl (C=O) groups excluding carboxylic acids is 1. The van der Waals surface area contributed by atoms with E-state index < -0.39 is 0 Å². The topological polar surface area (TPSA) is 56.6 Å². The second-order valence-corrected chi connectivity index (χ2v) is 5.45. The number of benzene rings is 1. The molecule has 3 rings (SSSR count). The van der Waals surface area contributed by atoms with E-state index in [9.17, 15) is 4.79 Å². The van der Waals surface area contributed by atoms with Crippen molar-refractivity contribution in [3.05, 3.63) is 42.7 Å². The van der Waals surface area contributed by atoms with E-state index in [1.807, 2.05) is 48.4 Å². The van der Waals surface area contributed by atoms with E-state index >= 15 is 0 Å². The predicted octanol–water partition coefficient (Wildman–Crippen LogP) is 1.96. The van der Waals surface area contributed by atoms with Crippen LogP contribution in [0.15, 0.2) is 42.7 Å². The number of carbonyl (C=O) groups is 1. The molecule has 1 atom stereocenters. The van der Waals surface area contributed by atoms with Crippen molar-refractivity contribution in [1.82, 2.24) is 14.7 Å². The molecule has 0 fully saturated rings. The van der Waals surface area contributed by atoms with Crippen LogP contribution in [0.3, 0.4) is 0 Å². The van der Waals surface area contributed by atoms with Crippen LogP contribution in [0.25, 0.3) is 0 Å². The highest BCUT2D eigenvalue weighted by atomic mass is 16.6. The van der Waals surface area contributed by atoms with Crippen LogP contribution in [0.2, 0.25) is 0 Å². The van der Waals surface area contributed by atoms with Gasteiger partial charge in [-0.1, -0.05) is 12.1 Å². The second-order valence-electron chi connectivity index (χ2n) is 5.45. The average Bonchev–Trinajstić information content (AvgIpc) is 3.11. The van der Waals surface area contributed by atoms with Crippen LogP contribution in [0.5, 0.6) is 11.5 Å². The molecule has 1 amide bonds. The van der Waals surface area contributed by atoms with Gasteiger partial charge in [0.05, 0.1) is 6.54 Å². The number of fused-ring (bicyclic) bond motifs is 1. The number of amides is 1. The molecule has 122 valence electrons. The van der Waals surface area contributed by atoms with E-state index in [1.54, 1.807) is 10.9 Å². The number of nitrogens with zero attached hydrogens (tertiary/aromatic N) is 3. The van der Waals surface area contributed by atoms with Gasteiger partial charge in [-0.2, -0.15) is 5.10 Å². The zero-order valence-corrected chi connectivity index (χ0v) is 13.2. The first-order chi connectivity index (χ1) is 11.3. The molecule has 1 aromatic heterocycles. The van der Waals surface area contributed by atoms with Gasteiger partial charge in [0.1, 0.15) is 6.61 Å². The third-order valence-corrected chi connectivity index (χ3v) is 3.84. The molecule has 2 aromatic rings. The fourth-order valence-electron chi connectivity index (χ4n) is 2.61. The third kappa shape index (κ3) is 3.83. The van der Waals surface area contributed by atoms with Crippen LogP contribution < -0.4 is 9.47 Å². The number of aryl methyl sites for hydroxylation is 1. The van der Waals surface area contributed by atoms with Crippen LogP contribution in [-0.4, -0.2) is 46.4 Å². The smallest absolute Gasteiger partial charge is 0.224 e. The lowest BCUT2D eigenvalue weighted by atomic mass is 10.2. The fraction of sp³-hybridized carbons (Fsp3) is 0.412. The van der Waals surface area contributed by atoms with Gasteiger partial charge in [0.2, 0.25) is 5.91 Å². The summed E-state index contributed by atoms with van der Waals surface area (Å²) in [5, 5.41) is 4.12. The molecule has 0 saturated heterocycles. The van der Waals surface area contributed by atoms with Crippen molar-refractivity contribution in [2.45, 2.75) is 26.0 Å². The molecule has 6 nitrogen and oxygen atoms in total. The summed E-state index contributed by atoms with van der Waals surface area (Å²) >= 11 is 0. The third-order valence-electron chi connectivity index (χ3n) is 3.84. The summed E-state index contributed by atoms with van der Waals surface area (Å²) in [5.41, 5.74) is 0. The maximum absolute atomic E-state index is 12.4. The maximum atomic E-state index is 12.4. The summed E-state index contributed by atoms with van der Waals surface area (Å²) in [6, 6.07) is 9.46. The van der Waals surface area contributed by atoms with E-state index in [1.165, 1.54) is 0 Å². The fourth-order valence-corrected chi connectivity index (χ4v) is 2.61. The normalized spacial score (nSPS) is 16.1. The molecule has 23 heavy (non-hydrogen) atoms. The van der Waals surface area contributed by atoms with Crippen molar-refractivity contribution in [3.8, 4) is 11.5 Å². The summed E-state index contributed by atoms with van der Waals surface area (Å²) in [4.78, 5) is 14.2. The summed E-state index contributed by atoms with van der Waals surface area (Å²) in [5.74, 6) is 1.60. The number of hydrogen-bond acceptors (Lipinski definition) is 4. The monoisotopic (exact) mass is 315 g/mol. The molecule has 0 aliphatic carbocycles. The Bertz CT molecular complexity index is 642. The van der Waals surface area contributed by atoms with E-state index in [0.717, 1.165) is 11.5 Å². The highest BCUT2D eigenvalue weighted by Crippen LogP contribution is 2.31. The lowest BCUT2D eigenvalue weighted by Crippen LogP contribution is -2.43. The van der Waals surface area contributed by atoms with Crippen molar-refractivity contribution in [1.29, 1.82) is 0 Å². The predicted molar refractivity (Wildman–Crippen MR) is 85.5 cm³/mol. The standard InChI is InChI=1S/C17H21N3O3/c1-2-19(17(21)8-11-20-10-5-9-18-20)12-14-13-22-15-6-3-4-7-16(15)23-14/h3-7,9-10,14H,2,8,11-13H2,1H3/t14-/m1/s1. The van der Waals surface area contributed by atoms with E-state index in [0.29, 0.717) is 32.7 Å². The molecule has 6 heteroatoms. The molecule has 2 heterocycles. The summed E-state index contributed by atoms with van der Waals surface area (Å²) < 4.78 is 13.4. The van der Waals surface area contributed by atoms with Gasteiger partial charge < -0.3 is 14.4 Å². The van der Waals surface area contributed by atoms with Gasteiger partial charge in [0.15, 0.2) is 17.6 Å². The Morgan fingerprint density at radius 2 is 2.17 bits per heavy atom. The summed E-state index contributed by atoms with van der Waals surface area (Å²) in [7, 11) is 0. The molecule has 0 bridgehead atoms. The first-order valence-electron chi connectivity index (χ1n) is 7.90. The Balaban J connectivity index is 1.54. The van der Waals surface area contributed by atoms with Crippen LogP contribution in [0.1, 0.15) is 13.3 Å². The number of aromatic nitrogens is 2. The van der Waals surface area contributed by atoms with E-state index in [4.69, 9.17) is 9.47 Å². The SMILES string of the molecule is CCN(C[C@@H]1COc2ccccc2O1)C(=O)CCn1cccn1. The van der Waals surface area contributed by atoms with Gasteiger partial charge in [0.25, 0.3) is 0 Å². The zero-order valence-electron chi connectivity index (χ0n) is 13.2. The minimum atomic E-state index is -0.140. The number of hydrogen-bond donors (Lipinski definition) is 0. The molecule has 0 spiro atoms. The number of para-hydroxylation sites is 2. The molecule has 0 N–H and O–H groups in total. The lowest BCUT2D eigenvalue weighted by Gasteiger charge is -2.31. The average molecular weight is 315 g/mol. The Morgan fingerprint density at radius 1 is 1.35 bits per heavy atom. The minimum absolute atomic E-state index is 0.102. The van der Waals surface area contributed by atoms with Gasteiger partial charge in [-0.15, -0.1) is 0 Å². The highest BCUT2D eigenvalue weighted by molar-refractivity contribution is 5.76. The summed E-state index contributed by atoms with van der Waals surface area (Å²) in [6.45, 7) is 4.21. The lowest BCUT2D eigenvalue weighted by molar-refractivity contribution is -0.132. The number of ether oxygens (including phenoxy) is 2. The number of rotatable bonds is 6. The van der Waals surface area contributed by atoms with Crippen molar-refractivity contribution in [2.75, 3.05) is 19.7 Å². The van der Waals surface area contributed by atoms with Crippen LogP contribution in [-0.2, 0) is 11.3 Å². The molecular weight excluding hydrogens is 294 g/mol. The second kappa shape index (κ2) is 7.17. The van der Waals surface area contributed by atoms with Gasteiger partial charge in [-0.25, -0.2) is 0 Å². The molecule has 1 aromatic carbocycles. The van der Waals surface area contributed by atoms with Crippen LogP contribution >= 0.6 is 0 Å². The molecule has 0 radical (unpaired) electrons. The van der Waals surface area contributed by atoms with Crippen LogP contribution in [0, 0.1) is 0 Å². The summed E-state index contributed by atoms with van der Waals surface area (Å²) in [6.07, 6.45) is 3.86. The van der Waals surface area contributed by atoms with E-state index in [2.05, 4.69) is 5.10 Å². The largest absolute Gasteiger partial charge is 0.486 e. The Morgan fingerprint density at radius 3 is 2.91 bits per heavy atom. The van der Waals surface area contributed by atoms with Gasteiger partial charge in [-0.3, -0.25) is 9.48 Å². The minimum Gasteiger partial charge on any atom is -0.486 e. The Kier molecular flexibility index (Phi) is 4.80. The molecule has 0 saturated carbocycles.